The smallest absolute Gasteiger partial charge is 0.345 e. The number of rotatable bonds is 9. The van der Waals surface area contributed by atoms with E-state index < -0.39 is 47.3 Å². The molecule has 2 amide bonds. The first kappa shape index (κ1) is 33.8. The number of anilines is 1. The quantitative estimate of drug-likeness (QED) is 0.171. The van der Waals surface area contributed by atoms with E-state index in [4.69, 9.17) is 0 Å². The van der Waals surface area contributed by atoms with Gasteiger partial charge in [0.1, 0.15) is 5.82 Å². The summed E-state index contributed by atoms with van der Waals surface area (Å²) in [7, 11) is 3.15. The number of nitrogens with zero attached hydrogens (tertiary/aromatic N) is 3. The number of alkyl halides is 3. The summed E-state index contributed by atoms with van der Waals surface area (Å²) in [5, 5.41) is 2.51. The van der Waals surface area contributed by atoms with Crippen molar-refractivity contribution in [3.8, 4) is 11.3 Å². The van der Waals surface area contributed by atoms with Crippen LogP contribution < -0.4 is 10.9 Å². The highest BCUT2D eigenvalue weighted by Crippen LogP contribution is 2.32. The third kappa shape index (κ3) is 7.39. The topological polar surface area (TPSA) is 101 Å². The molecule has 8 nitrogen and oxygen atoms in total. The van der Waals surface area contributed by atoms with Crippen LogP contribution in [0.15, 0.2) is 71.7 Å². The van der Waals surface area contributed by atoms with E-state index in [1.807, 2.05) is 0 Å². The maximum absolute atomic E-state index is 14.1. The van der Waals surface area contributed by atoms with Crippen molar-refractivity contribution >= 4 is 23.4 Å². The number of aromatic nitrogens is 2. The van der Waals surface area contributed by atoms with Crippen LogP contribution in [0.4, 0.5) is 23.4 Å². The number of hydrogen-bond donors (Lipinski definition) is 1. The summed E-state index contributed by atoms with van der Waals surface area (Å²) in [4.78, 5) is 58.1. The molecule has 46 heavy (non-hydrogen) atoms. The lowest BCUT2D eigenvalue weighted by atomic mass is 9.97. The van der Waals surface area contributed by atoms with Crippen molar-refractivity contribution in [2.45, 2.75) is 39.9 Å². The van der Waals surface area contributed by atoms with Gasteiger partial charge in [-0.1, -0.05) is 19.9 Å². The molecule has 4 aromatic rings. The van der Waals surface area contributed by atoms with Crippen LogP contribution in [0, 0.1) is 18.7 Å². The first-order chi connectivity index (χ1) is 21.6. The van der Waals surface area contributed by atoms with E-state index in [0.717, 1.165) is 22.8 Å². The van der Waals surface area contributed by atoms with Crippen LogP contribution in [0.2, 0.25) is 0 Å². The van der Waals surface area contributed by atoms with Gasteiger partial charge >= 0.3 is 6.18 Å². The van der Waals surface area contributed by atoms with Crippen molar-refractivity contribution in [3.63, 3.8) is 0 Å². The Morgan fingerprint density at radius 1 is 0.957 bits per heavy atom. The molecule has 1 N–H and O–H groups in total. The fourth-order valence-corrected chi connectivity index (χ4v) is 4.69. The van der Waals surface area contributed by atoms with Crippen LogP contribution in [-0.4, -0.2) is 46.1 Å². The van der Waals surface area contributed by atoms with Crippen LogP contribution >= 0.6 is 0 Å². The number of amides is 2. The van der Waals surface area contributed by atoms with E-state index in [1.54, 1.807) is 53.1 Å². The molecule has 0 radical (unpaired) electrons. The zero-order valence-electron chi connectivity index (χ0n) is 25.8. The zero-order valence-corrected chi connectivity index (χ0v) is 25.8. The Morgan fingerprint density at radius 3 is 2.22 bits per heavy atom. The minimum atomic E-state index is -4.84. The molecule has 0 saturated heterocycles. The summed E-state index contributed by atoms with van der Waals surface area (Å²) < 4.78 is 56.8. The largest absolute Gasteiger partial charge is 0.416 e. The molecule has 1 atom stereocenters. The van der Waals surface area contributed by atoms with Gasteiger partial charge in [0.15, 0.2) is 11.6 Å². The number of hydrogen-bond acceptors (Lipinski definition) is 5. The molecule has 0 aliphatic rings. The molecule has 0 bridgehead atoms. The van der Waals surface area contributed by atoms with Gasteiger partial charge in [-0.15, -0.1) is 0 Å². The van der Waals surface area contributed by atoms with E-state index in [9.17, 15) is 36.7 Å². The minimum absolute atomic E-state index is 0.0264. The second-order valence-electron chi connectivity index (χ2n) is 11.2. The molecule has 0 aliphatic carbocycles. The highest BCUT2D eigenvalue weighted by atomic mass is 19.4. The van der Waals surface area contributed by atoms with Gasteiger partial charge in [-0.3, -0.25) is 23.7 Å². The van der Waals surface area contributed by atoms with Gasteiger partial charge in [0.05, 0.1) is 24.0 Å². The molecule has 1 heterocycles. The highest BCUT2D eigenvalue weighted by Gasteiger charge is 2.32. The highest BCUT2D eigenvalue weighted by molar-refractivity contribution is 6.09. The summed E-state index contributed by atoms with van der Waals surface area (Å²) >= 11 is 0. The average Bonchev–Trinajstić information content (AvgIpc) is 3.02. The Morgan fingerprint density at radius 2 is 1.61 bits per heavy atom. The fourth-order valence-electron chi connectivity index (χ4n) is 4.69. The first-order valence-electron chi connectivity index (χ1n) is 14.4. The van der Waals surface area contributed by atoms with Crippen LogP contribution in [0.3, 0.4) is 0 Å². The van der Waals surface area contributed by atoms with Gasteiger partial charge in [0, 0.05) is 42.3 Å². The minimum Gasteiger partial charge on any atom is -0.345 e. The van der Waals surface area contributed by atoms with Crippen LogP contribution in [0.5, 0.6) is 0 Å². The molecule has 0 spiro atoms. The Balaban J connectivity index is 1.93. The lowest BCUT2D eigenvalue weighted by molar-refractivity contribution is -0.137. The maximum Gasteiger partial charge on any atom is 0.416 e. The second-order valence-corrected chi connectivity index (χ2v) is 11.2. The van der Waals surface area contributed by atoms with Crippen LogP contribution in [0.25, 0.3) is 11.3 Å². The average molecular weight is 637 g/mol. The zero-order chi connectivity index (χ0) is 33.9. The molecule has 1 aromatic heterocycles. The Hall–Kier alpha value is -5.13. The first-order valence-corrected chi connectivity index (χ1v) is 14.4. The predicted octanol–water partition coefficient (Wildman–Crippen LogP) is 6.34. The Kier molecular flexibility index (Phi) is 9.89. The third-order valence-corrected chi connectivity index (χ3v) is 7.55. The maximum atomic E-state index is 14.1. The van der Waals surface area contributed by atoms with E-state index in [2.05, 4.69) is 10.3 Å². The third-order valence-electron chi connectivity index (χ3n) is 7.55. The second kappa shape index (κ2) is 13.5. The monoisotopic (exact) mass is 636 g/mol. The predicted molar refractivity (Wildman–Crippen MR) is 165 cm³/mol. The van der Waals surface area contributed by atoms with Crippen molar-refractivity contribution in [1.29, 1.82) is 0 Å². The lowest BCUT2D eigenvalue weighted by Gasteiger charge is -2.19. The van der Waals surface area contributed by atoms with E-state index in [0.29, 0.717) is 29.2 Å². The van der Waals surface area contributed by atoms with Crippen molar-refractivity contribution < 1.29 is 31.9 Å². The molecular formula is C34H32F4N4O4. The van der Waals surface area contributed by atoms with E-state index in [1.165, 1.54) is 29.3 Å². The van der Waals surface area contributed by atoms with Gasteiger partial charge in [-0.2, -0.15) is 13.2 Å². The normalized spacial score (nSPS) is 12.0. The lowest BCUT2D eigenvalue weighted by Crippen LogP contribution is -2.31. The Bertz CT molecular complexity index is 1860. The van der Waals surface area contributed by atoms with Crippen LogP contribution in [0.1, 0.15) is 63.2 Å². The molecule has 0 unspecified atom stereocenters. The summed E-state index contributed by atoms with van der Waals surface area (Å²) in [5.41, 5.74) is -0.814. The fraction of sp³-hybridized carbons (Fsp3) is 0.265. The molecule has 240 valence electrons. The SMILES string of the molecule is CC[C@@H](C)C(=O)Nc1ncc(-c2cc(C(=O)N(C)C)ccc2C)n(Cc2cc(C(=O)c3ccc(F)cc3)cc(C(F)(F)F)c2)c1=O. The van der Waals surface area contributed by atoms with Gasteiger partial charge in [0.25, 0.3) is 11.5 Å². The summed E-state index contributed by atoms with van der Waals surface area (Å²) in [6.07, 6.45) is -3.05. The summed E-state index contributed by atoms with van der Waals surface area (Å²) in [6.45, 7) is 4.74. The van der Waals surface area contributed by atoms with Crippen molar-refractivity contribution in [2.24, 2.45) is 5.92 Å². The van der Waals surface area contributed by atoms with E-state index in [-0.39, 0.29) is 34.1 Å². The molecule has 0 fully saturated rings. The summed E-state index contributed by atoms with van der Waals surface area (Å²) in [6, 6.07) is 12.0. The molecular weight excluding hydrogens is 604 g/mol. The van der Waals surface area contributed by atoms with Crippen molar-refractivity contribution in [1.82, 2.24) is 14.5 Å². The number of nitrogens with one attached hydrogen (secondary N) is 1. The molecule has 4 rings (SSSR count). The molecule has 12 heteroatoms. The number of benzene rings is 3. The van der Waals surface area contributed by atoms with Crippen molar-refractivity contribution in [2.75, 3.05) is 19.4 Å². The number of halogens is 4. The standard InChI is InChI=1S/C34H32F4N4O4/c1-6-19(2)31(44)40-30-33(46)42(28(17-39-30)27-16-23(8-7-20(27)3)32(45)41(4)5)18-21-13-24(15-25(14-21)34(36,37)38)29(43)22-9-11-26(35)12-10-22/h7-17,19H,6,18H2,1-5H3,(H,39,40,44)/t19-/m1/s1. The van der Waals surface area contributed by atoms with Gasteiger partial charge in [-0.25, -0.2) is 9.37 Å². The van der Waals surface area contributed by atoms with Gasteiger partial charge < -0.3 is 10.2 Å². The van der Waals surface area contributed by atoms with Crippen LogP contribution in [-0.2, 0) is 17.5 Å². The van der Waals surface area contributed by atoms with Gasteiger partial charge in [0.2, 0.25) is 5.91 Å². The van der Waals surface area contributed by atoms with E-state index >= 15 is 0 Å². The van der Waals surface area contributed by atoms with Gasteiger partial charge in [-0.05, 0) is 79.1 Å². The molecule has 0 aliphatic heterocycles. The van der Waals surface area contributed by atoms with Crippen molar-refractivity contribution in [3.05, 3.63) is 116 Å². The number of ketones is 1. The summed E-state index contributed by atoms with van der Waals surface area (Å²) in [5.74, 6) is -2.96. The number of carbonyl (C=O) groups is 3. The molecule has 3 aromatic carbocycles. The molecule has 0 saturated carbocycles. The number of carbonyl (C=O) groups excluding carboxylic acids is 3. The Labute approximate surface area is 262 Å². The number of aryl methyl sites for hydroxylation is 1.